The summed E-state index contributed by atoms with van der Waals surface area (Å²) in [5.41, 5.74) is 0. The first-order chi connectivity index (χ1) is 7.29. The van der Waals surface area contributed by atoms with E-state index in [2.05, 4.69) is 16.9 Å². The zero-order valence-electron chi connectivity index (χ0n) is 8.86. The van der Waals surface area contributed by atoms with E-state index < -0.39 is 0 Å². The van der Waals surface area contributed by atoms with Gasteiger partial charge in [-0.25, -0.2) is 9.97 Å². The number of aromatic nitrogens is 2. The molecule has 0 aromatic carbocycles. The van der Waals surface area contributed by atoms with Crippen LogP contribution in [-0.2, 0) is 0 Å². The molecule has 1 N–H and O–H groups in total. The molecule has 1 aromatic heterocycles. The zero-order valence-corrected chi connectivity index (χ0v) is 9.61. The molecular weight excluding hydrogens is 214 g/mol. The quantitative estimate of drug-likeness (QED) is 0.807. The minimum atomic E-state index is 0.101. The summed E-state index contributed by atoms with van der Waals surface area (Å²) >= 11 is 5.99. The Kier molecular flexibility index (Phi) is 5.36. The van der Waals surface area contributed by atoms with Gasteiger partial charge in [-0.3, -0.25) is 0 Å². The Labute approximate surface area is 94.9 Å². The van der Waals surface area contributed by atoms with Crippen LogP contribution in [-0.4, -0.2) is 34.8 Å². The van der Waals surface area contributed by atoms with Crippen LogP contribution in [0, 0.1) is 0 Å². The van der Waals surface area contributed by atoms with E-state index in [4.69, 9.17) is 16.7 Å². The molecule has 0 fully saturated rings. The van der Waals surface area contributed by atoms with Crippen LogP contribution in [0.3, 0.4) is 0 Å². The molecule has 1 heterocycles. The molecule has 0 atom stereocenters. The normalized spacial score (nSPS) is 10.3. The Bertz CT molecular complexity index is 296. The second kappa shape index (κ2) is 6.58. The van der Waals surface area contributed by atoms with Crippen LogP contribution in [0.5, 0.6) is 0 Å². The third-order valence-electron chi connectivity index (χ3n) is 2.10. The SMILES string of the molecule is CCCCN(CCO)c1ncncc1Cl. The van der Waals surface area contributed by atoms with E-state index in [-0.39, 0.29) is 6.61 Å². The summed E-state index contributed by atoms with van der Waals surface area (Å²) in [6.07, 6.45) is 5.20. The first-order valence-electron chi connectivity index (χ1n) is 5.11. The van der Waals surface area contributed by atoms with Crippen molar-refractivity contribution in [2.45, 2.75) is 19.8 Å². The van der Waals surface area contributed by atoms with Crippen LogP contribution >= 0.6 is 11.6 Å². The molecular formula is C10H16ClN3O. The number of halogens is 1. The van der Waals surface area contributed by atoms with Crippen molar-refractivity contribution in [2.75, 3.05) is 24.6 Å². The van der Waals surface area contributed by atoms with Gasteiger partial charge in [-0.2, -0.15) is 0 Å². The number of hydrogen-bond donors (Lipinski definition) is 1. The van der Waals surface area contributed by atoms with Crippen molar-refractivity contribution in [3.8, 4) is 0 Å². The molecule has 15 heavy (non-hydrogen) atoms. The maximum atomic E-state index is 8.96. The molecule has 0 radical (unpaired) electrons. The van der Waals surface area contributed by atoms with Crippen molar-refractivity contribution in [3.05, 3.63) is 17.5 Å². The van der Waals surface area contributed by atoms with Crippen molar-refractivity contribution in [2.24, 2.45) is 0 Å². The van der Waals surface area contributed by atoms with Crippen LogP contribution in [0.4, 0.5) is 5.82 Å². The number of rotatable bonds is 6. The Balaban J connectivity index is 2.74. The summed E-state index contributed by atoms with van der Waals surface area (Å²) in [6, 6.07) is 0. The number of aliphatic hydroxyl groups excluding tert-OH is 1. The number of anilines is 1. The van der Waals surface area contributed by atoms with Gasteiger partial charge in [-0.05, 0) is 6.42 Å². The Hall–Kier alpha value is -0.870. The number of unbranched alkanes of at least 4 members (excludes halogenated alkanes) is 1. The number of hydrogen-bond acceptors (Lipinski definition) is 4. The maximum absolute atomic E-state index is 8.96. The Morgan fingerprint density at radius 1 is 1.47 bits per heavy atom. The van der Waals surface area contributed by atoms with E-state index in [0.29, 0.717) is 17.4 Å². The van der Waals surface area contributed by atoms with Gasteiger partial charge in [-0.1, -0.05) is 24.9 Å². The van der Waals surface area contributed by atoms with Gasteiger partial charge in [0, 0.05) is 13.1 Å². The predicted molar refractivity (Wildman–Crippen MR) is 61.2 cm³/mol. The monoisotopic (exact) mass is 229 g/mol. The highest BCUT2D eigenvalue weighted by molar-refractivity contribution is 6.32. The average molecular weight is 230 g/mol. The van der Waals surface area contributed by atoms with E-state index in [1.165, 1.54) is 6.33 Å². The first-order valence-corrected chi connectivity index (χ1v) is 5.48. The standard InChI is InChI=1S/C10H16ClN3O/c1-2-3-4-14(5-6-15)10-9(11)7-12-8-13-10/h7-8,15H,2-6H2,1H3. The van der Waals surface area contributed by atoms with Crippen molar-refractivity contribution in [1.29, 1.82) is 0 Å². The maximum Gasteiger partial charge on any atom is 0.150 e. The molecule has 0 aliphatic carbocycles. The fraction of sp³-hybridized carbons (Fsp3) is 0.600. The van der Waals surface area contributed by atoms with Gasteiger partial charge in [-0.15, -0.1) is 0 Å². The van der Waals surface area contributed by atoms with E-state index in [9.17, 15) is 0 Å². The number of nitrogens with zero attached hydrogens (tertiary/aromatic N) is 3. The van der Waals surface area contributed by atoms with Crippen molar-refractivity contribution >= 4 is 17.4 Å². The van der Waals surface area contributed by atoms with Crippen LogP contribution < -0.4 is 4.90 Å². The van der Waals surface area contributed by atoms with Gasteiger partial charge in [0.2, 0.25) is 0 Å². The Morgan fingerprint density at radius 3 is 2.87 bits per heavy atom. The van der Waals surface area contributed by atoms with Crippen LogP contribution in [0.1, 0.15) is 19.8 Å². The van der Waals surface area contributed by atoms with Crippen molar-refractivity contribution in [3.63, 3.8) is 0 Å². The lowest BCUT2D eigenvalue weighted by Gasteiger charge is -2.22. The summed E-state index contributed by atoms with van der Waals surface area (Å²) in [6.45, 7) is 3.63. The fourth-order valence-electron chi connectivity index (χ4n) is 1.33. The summed E-state index contributed by atoms with van der Waals surface area (Å²) in [5, 5.41) is 9.49. The summed E-state index contributed by atoms with van der Waals surface area (Å²) in [7, 11) is 0. The number of aliphatic hydroxyl groups is 1. The second-order valence-corrected chi connectivity index (χ2v) is 3.67. The van der Waals surface area contributed by atoms with Gasteiger partial charge in [0.1, 0.15) is 11.3 Å². The van der Waals surface area contributed by atoms with Gasteiger partial charge >= 0.3 is 0 Å². The summed E-state index contributed by atoms with van der Waals surface area (Å²) in [4.78, 5) is 9.94. The van der Waals surface area contributed by atoms with Gasteiger partial charge in [0.25, 0.3) is 0 Å². The zero-order chi connectivity index (χ0) is 11.1. The average Bonchev–Trinajstić information content (AvgIpc) is 2.25. The topological polar surface area (TPSA) is 49.2 Å². The first kappa shape index (κ1) is 12.2. The molecule has 0 bridgehead atoms. The lowest BCUT2D eigenvalue weighted by Crippen LogP contribution is -2.28. The molecule has 0 spiro atoms. The van der Waals surface area contributed by atoms with E-state index in [1.54, 1.807) is 6.20 Å². The molecule has 0 unspecified atom stereocenters. The van der Waals surface area contributed by atoms with E-state index in [0.717, 1.165) is 19.4 Å². The summed E-state index contributed by atoms with van der Waals surface area (Å²) < 4.78 is 0. The van der Waals surface area contributed by atoms with E-state index in [1.807, 2.05) is 4.90 Å². The molecule has 0 saturated carbocycles. The molecule has 84 valence electrons. The largest absolute Gasteiger partial charge is 0.395 e. The fourth-order valence-corrected chi connectivity index (χ4v) is 1.56. The highest BCUT2D eigenvalue weighted by atomic mass is 35.5. The summed E-state index contributed by atoms with van der Waals surface area (Å²) in [5.74, 6) is 0.703. The lowest BCUT2D eigenvalue weighted by atomic mass is 10.3. The lowest BCUT2D eigenvalue weighted by molar-refractivity contribution is 0.301. The van der Waals surface area contributed by atoms with Gasteiger partial charge in [0.15, 0.2) is 5.82 Å². The smallest absolute Gasteiger partial charge is 0.150 e. The molecule has 1 rings (SSSR count). The van der Waals surface area contributed by atoms with Crippen molar-refractivity contribution < 1.29 is 5.11 Å². The van der Waals surface area contributed by atoms with Crippen LogP contribution in [0.15, 0.2) is 12.5 Å². The Morgan fingerprint density at radius 2 is 2.27 bits per heavy atom. The molecule has 0 aliphatic rings. The van der Waals surface area contributed by atoms with Gasteiger partial charge < -0.3 is 10.0 Å². The van der Waals surface area contributed by atoms with Gasteiger partial charge in [0.05, 0.1) is 12.8 Å². The van der Waals surface area contributed by atoms with E-state index >= 15 is 0 Å². The molecule has 0 aliphatic heterocycles. The van der Waals surface area contributed by atoms with Crippen LogP contribution in [0.2, 0.25) is 5.02 Å². The third-order valence-corrected chi connectivity index (χ3v) is 2.37. The third kappa shape index (κ3) is 3.64. The minimum Gasteiger partial charge on any atom is -0.395 e. The molecule has 0 amide bonds. The molecule has 5 heteroatoms. The predicted octanol–water partition coefficient (Wildman–Crippen LogP) is 1.73. The second-order valence-electron chi connectivity index (χ2n) is 3.26. The molecule has 1 aromatic rings. The van der Waals surface area contributed by atoms with Crippen molar-refractivity contribution in [1.82, 2.24) is 9.97 Å². The molecule has 4 nitrogen and oxygen atoms in total. The minimum absolute atomic E-state index is 0.101. The van der Waals surface area contributed by atoms with Crippen LogP contribution in [0.25, 0.3) is 0 Å². The molecule has 0 saturated heterocycles. The highest BCUT2D eigenvalue weighted by Crippen LogP contribution is 2.21. The highest BCUT2D eigenvalue weighted by Gasteiger charge is 2.10.